The third-order valence-corrected chi connectivity index (χ3v) is 4.95. The topological polar surface area (TPSA) is 86.8 Å². The Morgan fingerprint density at radius 3 is 3.04 bits per heavy atom. The SMILES string of the molecule is Cc1cccnc1Nc1cc([C@@H]2CCCN(C(=O)c3cnc[nH]3)C2)ccn1. The number of H-pyrrole nitrogens is 1. The number of aromatic nitrogens is 4. The molecule has 1 aliphatic heterocycles. The molecule has 1 saturated heterocycles. The van der Waals surface area contributed by atoms with Crippen molar-refractivity contribution in [1.82, 2.24) is 24.8 Å². The number of nitrogens with zero attached hydrogens (tertiary/aromatic N) is 4. The average molecular weight is 362 g/mol. The van der Waals surface area contributed by atoms with Gasteiger partial charge in [-0.3, -0.25) is 4.79 Å². The van der Waals surface area contributed by atoms with Crippen LogP contribution in [0.4, 0.5) is 11.6 Å². The fourth-order valence-corrected chi connectivity index (χ4v) is 3.48. The molecule has 4 heterocycles. The van der Waals surface area contributed by atoms with E-state index in [1.807, 2.05) is 36.2 Å². The molecular formula is C20H22N6O. The number of hydrogen-bond acceptors (Lipinski definition) is 5. The van der Waals surface area contributed by atoms with E-state index in [4.69, 9.17) is 0 Å². The maximum absolute atomic E-state index is 12.6. The summed E-state index contributed by atoms with van der Waals surface area (Å²) in [6.07, 6.45) is 8.73. The second kappa shape index (κ2) is 7.57. The summed E-state index contributed by atoms with van der Waals surface area (Å²) in [5.41, 5.74) is 2.79. The zero-order valence-electron chi connectivity index (χ0n) is 15.2. The number of likely N-dealkylation sites (tertiary alicyclic amines) is 1. The first-order valence-corrected chi connectivity index (χ1v) is 9.13. The zero-order valence-corrected chi connectivity index (χ0v) is 15.2. The molecule has 27 heavy (non-hydrogen) atoms. The number of hydrogen-bond donors (Lipinski definition) is 2. The third-order valence-electron chi connectivity index (χ3n) is 4.95. The molecule has 0 unspecified atom stereocenters. The molecule has 7 nitrogen and oxygen atoms in total. The number of aromatic amines is 1. The average Bonchev–Trinajstić information content (AvgIpc) is 3.24. The van der Waals surface area contributed by atoms with Gasteiger partial charge in [0.1, 0.15) is 17.3 Å². The van der Waals surface area contributed by atoms with Crippen LogP contribution in [0.15, 0.2) is 49.2 Å². The van der Waals surface area contributed by atoms with Crippen LogP contribution in [0.1, 0.15) is 40.4 Å². The van der Waals surface area contributed by atoms with Gasteiger partial charge in [0, 0.05) is 31.4 Å². The van der Waals surface area contributed by atoms with E-state index in [1.165, 1.54) is 11.9 Å². The van der Waals surface area contributed by atoms with Crippen LogP contribution in [0.5, 0.6) is 0 Å². The fourth-order valence-electron chi connectivity index (χ4n) is 3.48. The van der Waals surface area contributed by atoms with Crippen molar-refractivity contribution >= 4 is 17.5 Å². The van der Waals surface area contributed by atoms with Crippen molar-refractivity contribution in [3.05, 3.63) is 66.0 Å². The van der Waals surface area contributed by atoms with Crippen LogP contribution in [-0.2, 0) is 0 Å². The normalized spacial score (nSPS) is 16.9. The van der Waals surface area contributed by atoms with Gasteiger partial charge in [-0.25, -0.2) is 15.0 Å². The number of amides is 1. The molecule has 0 aliphatic carbocycles. The van der Waals surface area contributed by atoms with Gasteiger partial charge in [-0.15, -0.1) is 0 Å². The van der Waals surface area contributed by atoms with Crippen molar-refractivity contribution in [3.63, 3.8) is 0 Å². The molecule has 0 saturated carbocycles. The monoisotopic (exact) mass is 362 g/mol. The summed E-state index contributed by atoms with van der Waals surface area (Å²) in [5.74, 6) is 1.88. The van der Waals surface area contributed by atoms with Crippen LogP contribution in [0, 0.1) is 6.92 Å². The lowest BCUT2D eigenvalue weighted by Gasteiger charge is -2.32. The lowest BCUT2D eigenvalue weighted by Crippen LogP contribution is -2.39. The highest BCUT2D eigenvalue weighted by Gasteiger charge is 2.26. The van der Waals surface area contributed by atoms with Gasteiger partial charge in [-0.1, -0.05) is 6.07 Å². The lowest BCUT2D eigenvalue weighted by molar-refractivity contribution is 0.0702. The molecule has 3 aromatic heterocycles. The molecule has 0 spiro atoms. The van der Waals surface area contributed by atoms with Gasteiger partial charge in [0.2, 0.25) is 0 Å². The molecule has 1 fully saturated rings. The number of rotatable bonds is 4. The van der Waals surface area contributed by atoms with E-state index in [0.29, 0.717) is 18.2 Å². The van der Waals surface area contributed by atoms with Gasteiger partial charge in [-0.2, -0.15) is 0 Å². The summed E-state index contributed by atoms with van der Waals surface area (Å²) in [5, 5.41) is 3.29. The quantitative estimate of drug-likeness (QED) is 0.744. The number of imidazole rings is 1. The van der Waals surface area contributed by atoms with Crippen LogP contribution < -0.4 is 5.32 Å². The van der Waals surface area contributed by atoms with Crippen molar-refractivity contribution in [2.75, 3.05) is 18.4 Å². The molecule has 1 atom stereocenters. The van der Waals surface area contributed by atoms with E-state index < -0.39 is 0 Å². The van der Waals surface area contributed by atoms with Gasteiger partial charge >= 0.3 is 0 Å². The Labute approximate surface area is 157 Å². The first kappa shape index (κ1) is 17.2. The van der Waals surface area contributed by atoms with E-state index in [9.17, 15) is 4.79 Å². The second-order valence-corrected chi connectivity index (χ2v) is 6.82. The van der Waals surface area contributed by atoms with Crippen LogP contribution in [0.25, 0.3) is 0 Å². The van der Waals surface area contributed by atoms with Crippen molar-refractivity contribution in [2.24, 2.45) is 0 Å². The standard InChI is InChI=1S/C20H22N6O/c1-14-4-2-7-23-19(14)25-18-10-15(6-8-22-18)16-5-3-9-26(12-16)20(27)17-11-21-13-24-17/h2,4,6-8,10-11,13,16H,3,5,9,12H2,1H3,(H,21,24)(H,22,23,25)/t16-/m1/s1. The molecule has 4 rings (SSSR count). The molecule has 138 valence electrons. The Kier molecular flexibility index (Phi) is 4.82. The van der Waals surface area contributed by atoms with Crippen LogP contribution in [0.3, 0.4) is 0 Å². The Hall–Kier alpha value is -3.22. The summed E-state index contributed by atoms with van der Waals surface area (Å²) in [4.78, 5) is 30.1. The number of carbonyl (C=O) groups is 1. The van der Waals surface area contributed by atoms with Crippen molar-refractivity contribution < 1.29 is 4.79 Å². The van der Waals surface area contributed by atoms with E-state index >= 15 is 0 Å². The smallest absolute Gasteiger partial charge is 0.271 e. The number of carbonyl (C=O) groups excluding carboxylic acids is 1. The minimum Gasteiger partial charge on any atom is -0.341 e. The first-order chi connectivity index (χ1) is 13.2. The summed E-state index contributed by atoms with van der Waals surface area (Å²) in [7, 11) is 0. The van der Waals surface area contributed by atoms with Gasteiger partial charge in [-0.05, 0) is 49.1 Å². The maximum atomic E-state index is 12.6. The maximum Gasteiger partial charge on any atom is 0.271 e. The Balaban J connectivity index is 1.50. The van der Waals surface area contributed by atoms with Crippen LogP contribution in [-0.4, -0.2) is 43.8 Å². The Bertz CT molecular complexity index is 924. The third kappa shape index (κ3) is 3.81. The van der Waals surface area contributed by atoms with Crippen molar-refractivity contribution in [2.45, 2.75) is 25.7 Å². The van der Waals surface area contributed by atoms with Gasteiger partial charge < -0.3 is 15.2 Å². The zero-order chi connectivity index (χ0) is 18.6. The minimum absolute atomic E-state index is 0.00807. The number of nitrogens with one attached hydrogen (secondary N) is 2. The highest BCUT2D eigenvalue weighted by Crippen LogP contribution is 2.29. The Morgan fingerprint density at radius 1 is 1.30 bits per heavy atom. The molecule has 3 aromatic rings. The fraction of sp³-hybridized carbons (Fsp3) is 0.300. The molecule has 2 N–H and O–H groups in total. The molecule has 1 amide bonds. The van der Waals surface area contributed by atoms with Gasteiger partial charge in [0.05, 0.1) is 12.5 Å². The number of pyridine rings is 2. The molecule has 0 aromatic carbocycles. The van der Waals surface area contributed by atoms with Crippen molar-refractivity contribution in [1.29, 1.82) is 0 Å². The highest BCUT2D eigenvalue weighted by atomic mass is 16.2. The van der Waals surface area contributed by atoms with E-state index in [1.54, 1.807) is 12.4 Å². The lowest BCUT2D eigenvalue weighted by atomic mass is 9.91. The summed E-state index contributed by atoms with van der Waals surface area (Å²) >= 11 is 0. The molecular weight excluding hydrogens is 340 g/mol. The van der Waals surface area contributed by atoms with Gasteiger partial charge in [0.25, 0.3) is 5.91 Å². The summed E-state index contributed by atoms with van der Waals surface area (Å²) in [6.45, 7) is 3.49. The van der Waals surface area contributed by atoms with E-state index in [0.717, 1.165) is 36.6 Å². The highest BCUT2D eigenvalue weighted by molar-refractivity contribution is 5.92. The molecule has 0 radical (unpaired) electrons. The molecule has 1 aliphatic rings. The summed E-state index contributed by atoms with van der Waals surface area (Å²) in [6, 6.07) is 8.02. The summed E-state index contributed by atoms with van der Waals surface area (Å²) < 4.78 is 0. The predicted molar refractivity (Wildman–Crippen MR) is 103 cm³/mol. The van der Waals surface area contributed by atoms with Crippen LogP contribution >= 0.6 is 0 Å². The Morgan fingerprint density at radius 2 is 2.22 bits per heavy atom. The number of aryl methyl sites for hydroxylation is 1. The molecule has 7 heteroatoms. The number of anilines is 2. The van der Waals surface area contributed by atoms with E-state index in [2.05, 4.69) is 31.3 Å². The first-order valence-electron chi connectivity index (χ1n) is 9.13. The largest absolute Gasteiger partial charge is 0.341 e. The minimum atomic E-state index is 0.00807. The van der Waals surface area contributed by atoms with Crippen molar-refractivity contribution in [3.8, 4) is 0 Å². The van der Waals surface area contributed by atoms with Crippen LogP contribution in [0.2, 0.25) is 0 Å². The molecule has 0 bridgehead atoms. The predicted octanol–water partition coefficient (Wildman–Crippen LogP) is 3.27. The second-order valence-electron chi connectivity index (χ2n) is 6.82. The number of piperidine rings is 1. The van der Waals surface area contributed by atoms with E-state index in [-0.39, 0.29) is 5.91 Å². The van der Waals surface area contributed by atoms with Gasteiger partial charge in [0.15, 0.2) is 0 Å².